The van der Waals surface area contributed by atoms with E-state index in [-0.39, 0.29) is 11.7 Å². The van der Waals surface area contributed by atoms with Gasteiger partial charge >= 0.3 is 5.69 Å². The Kier molecular flexibility index (Phi) is 2.47. The molecule has 0 bridgehead atoms. The average molecular weight is 221 g/mol. The van der Waals surface area contributed by atoms with Gasteiger partial charge in [0, 0.05) is 0 Å². The summed E-state index contributed by atoms with van der Waals surface area (Å²) in [5.74, 6) is 0.343. The Bertz CT molecular complexity index is 593. The predicted molar refractivity (Wildman–Crippen MR) is 57.2 cm³/mol. The molecular weight excluding hydrogens is 210 g/mol. The minimum atomic E-state index is -0.545. The Labute approximate surface area is 90.5 Å². The Morgan fingerprint density at radius 1 is 1.44 bits per heavy atom. The average Bonchev–Trinajstić information content (AvgIpc) is 2.70. The van der Waals surface area contributed by atoms with Crippen LogP contribution in [-0.4, -0.2) is 14.8 Å². The molecule has 0 saturated heterocycles. The predicted octanol–water partition coefficient (Wildman–Crippen LogP) is 0.772. The van der Waals surface area contributed by atoms with Crippen LogP contribution in [0.15, 0.2) is 32.4 Å². The second kappa shape index (κ2) is 3.80. The van der Waals surface area contributed by atoms with E-state index in [4.69, 9.17) is 4.42 Å². The summed E-state index contributed by atoms with van der Waals surface area (Å²) in [5, 5.41) is 3.98. The van der Waals surface area contributed by atoms with Crippen LogP contribution >= 0.6 is 0 Å². The molecule has 6 nitrogen and oxygen atoms in total. The highest BCUT2D eigenvalue weighted by Gasteiger charge is 2.12. The highest BCUT2D eigenvalue weighted by molar-refractivity contribution is 5.48. The number of aromatic amines is 1. The maximum atomic E-state index is 11.5. The summed E-state index contributed by atoms with van der Waals surface area (Å²) in [7, 11) is 0. The maximum absolute atomic E-state index is 11.5. The molecule has 0 aliphatic heterocycles. The lowest BCUT2D eigenvalue weighted by Crippen LogP contribution is -2.34. The first-order valence-corrected chi connectivity index (χ1v) is 4.86. The monoisotopic (exact) mass is 221 g/mol. The zero-order valence-electron chi connectivity index (χ0n) is 8.93. The van der Waals surface area contributed by atoms with Gasteiger partial charge in [0.1, 0.15) is 0 Å². The summed E-state index contributed by atoms with van der Waals surface area (Å²) in [6.07, 6.45) is 1.45. The second-order valence-corrected chi connectivity index (χ2v) is 3.62. The van der Waals surface area contributed by atoms with Crippen LogP contribution in [0.4, 0.5) is 0 Å². The van der Waals surface area contributed by atoms with Crippen LogP contribution in [0.25, 0.3) is 11.5 Å². The van der Waals surface area contributed by atoms with Gasteiger partial charge in [-0.1, -0.05) is 0 Å². The molecule has 1 N–H and O–H groups in total. The zero-order valence-corrected chi connectivity index (χ0v) is 8.93. The van der Waals surface area contributed by atoms with E-state index in [1.807, 2.05) is 0 Å². The van der Waals surface area contributed by atoms with Gasteiger partial charge in [0.2, 0.25) is 0 Å². The van der Waals surface area contributed by atoms with Crippen molar-refractivity contribution in [1.29, 1.82) is 0 Å². The van der Waals surface area contributed by atoms with Crippen molar-refractivity contribution in [3.8, 4) is 11.5 Å². The molecule has 2 rings (SSSR count). The van der Waals surface area contributed by atoms with Gasteiger partial charge in [-0.15, -0.1) is 0 Å². The molecule has 0 aromatic carbocycles. The van der Waals surface area contributed by atoms with Gasteiger partial charge < -0.3 is 4.42 Å². The van der Waals surface area contributed by atoms with Gasteiger partial charge in [-0.25, -0.2) is 9.48 Å². The Morgan fingerprint density at radius 2 is 2.19 bits per heavy atom. The fourth-order valence-corrected chi connectivity index (χ4v) is 1.34. The summed E-state index contributed by atoms with van der Waals surface area (Å²) < 4.78 is 6.28. The lowest BCUT2D eigenvalue weighted by molar-refractivity contribution is 0.482. The number of furan rings is 1. The minimum Gasteiger partial charge on any atom is -0.462 e. The molecule has 2 aromatic heterocycles. The van der Waals surface area contributed by atoms with E-state index >= 15 is 0 Å². The second-order valence-electron chi connectivity index (χ2n) is 3.62. The van der Waals surface area contributed by atoms with Crippen molar-refractivity contribution in [3.63, 3.8) is 0 Å². The van der Waals surface area contributed by atoms with Crippen LogP contribution in [0.5, 0.6) is 0 Å². The van der Waals surface area contributed by atoms with Crippen LogP contribution in [0.1, 0.15) is 19.9 Å². The number of H-pyrrole nitrogens is 1. The van der Waals surface area contributed by atoms with Crippen LogP contribution in [0.3, 0.4) is 0 Å². The van der Waals surface area contributed by atoms with Crippen LogP contribution in [-0.2, 0) is 0 Å². The van der Waals surface area contributed by atoms with Crippen LogP contribution in [0.2, 0.25) is 0 Å². The van der Waals surface area contributed by atoms with E-state index in [2.05, 4.69) is 10.1 Å². The standard InChI is InChI=1S/C10H11N3O3/c1-6(2)13-10(15)11-9(14)8(12-13)7-4-3-5-16-7/h3-6H,1-2H3,(H,11,14,15). The van der Waals surface area contributed by atoms with Gasteiger partial charge in [-0.3, -0.25) is 9.78 Å². The molecule has 0 atom stereocenters. The quantitative estimate of drug-likeness (QED) is 0.812. The molecule has 2 heterocycles. The molecule has 0 aliphatic rings. The van der Waals surface area contributed by atoms with Gasteiger partial charge in [-0.2, -0.15) is 5.10 Å². The van der Waals surface area contributed by atoms with Crippen LogP contribution in [0, 0.1) is 0 Å². The number of nitrogens with zero attached hydrogens (tertiary/aromatic N) is 2. The third-order valence-corrected chi connectivity index (χ3v) is 2.10. The molecule has 0 spiro atoms. The molecule has 0 aliphatic carbocycles. The summed E-state index contributed by atoms with van der Waals surface area (Å²) >= 11 is 0. The Hall–Kier alpha value is -2.11. The highest BCUT2D eigenvalue weighted by atomic mass is 16.3. The number of hydrogen-bond donors (Lipinski definition) is 1. The first-order valence-electron chi connectivity index (χ1n) is 4.86. The molecule has 0 saturated carbocycles. The van der Waals surface area contributed by atoms with Crippen molar-refractivity contribution in [3.05, 3.63) is 39.2 Å². The number of aromatic nitrogens is 3. The fourth-order valence-electron chi connectivity index (χ4n) is 1.34. The first-order chi connectivity index (χ1) is 7.59. The summed E-state index contributed by atoms with van der Waals surface area (Å²) in [6.45, 7) is 3.61. The van der Waals surface area contributed by atoms with E-state index in [0.717, 1.165) is 0 Å². The maximum Gasteiger partial charge on any atom is 0.345 e. The lowest BCUT2D eigenvalue weighted by Gasteiger charge is -2.07. The highest BCUT2D eigenvalue weighted by Crippen LogP contribution is 2.11. The number of hydrogen-bond acceptors (Lipinski definition) is 4. The largest absolute Gasteiger partial charge is 0.462 e. The molecule has 0 fully saturated rings. The molecule has 6 heteroatoms. The van der Waals surface area contributed by atoms with Crippen molar-refractivity contribution in [2.24, 2.45) is 0 Å². The van der Waals surface area contributed by atoms with Gasteiger partial charge in [0.25, 0.3) is 5.56 Å². The summed E-state index contributed by atoms with van der Waals surface area (Å²) in [4.78, 5) is 25.1. The summed E-state index contributed by atoms with van der Waals surface area (Å²) in [6, 6.07) is 3.15. The van der Waals surface area contributed by atoms with Gasteiger partial charge in [-0.05, 0) is 26.0 Å². The zero-order chi connectivity index (χ0) is 11.7. The smallest absolute Gasteiger partial charge is 0.345 e. The Balaban J connectivity index is 2.68. The van der Waals surface area contributed by atoms with Crippen molar-refractivity contribution >= 4 is 0 Å². The van der Waals surface area contributed by atoms with E-state index in [1.165, 1.54) is 10.9 Å². The third kappa shape index (κ3) is 1.69. The van der Waals surface area contributed by atoms with Gasteiger partial charge in [0.05, 0.1) is 12.3 Å². The lowest BCUT2D eigenvalue weighted by atomic mass is 10.3. The number of nitrogens with one attached hydrogen (secondary N) is 1. The topological polar surface area (TPSA) is 80.9 Å². The summed E-state index contributed by atoms with van der Waals surface area (Å²) in [5.41, 5.74) is -0.953. The third-order valence-electron chi connectivity index (χ3n) is 2.10. The normalized spacial score (nSPS) is 10.9. The molecule has 0 amide bonds. The molecule has 16 heavy (non-hydrogen) atoms. The first kappa shape index (κ1) is 10.4. The van der Waals surface area contributed by atoms with Crippen molar-refractivity contribution < 1.29 is 4.42 Å². The van der Waals surface area contributed by atoms with Crippen molar-refractivity contribution in [1.82, 2.24) is 14.8 Å². The molecule has 84 valence electrons. The SMILES string of the molecule is CC(C)n1nc(-c2ccco2)c(=O)[nH]c1=O. The van der Waals surface area contributed by atoms with E-state index in [1.54, 1.807) is 26.0 Å². The molecular formula is C10H11N3O3. The molecule has 0 radical (unpaired) electrons. The van der Waals surface area contributed by atoms with Crippen LogP contribution < -0.4 is 11.2 Å². The number of rotatable bonds is 2. The van der Waals surface area contributed by atoms with E-state index in [9.17, 15) is 9.59 Å². The molecule has 0 unspecified atom stereocenters. The van der Waals surface area contributed by atoms with E-state index < -0.39 is 11.2 Å². The Morgan fingerprint density at radius 3 is 2.75 bits per heavy atom. The minimum absolute atomic E-state index is 0.110. The molecule has 2 aromatic rings. The fraction of sp³-hybridized carbons (Fsp3) is 0.300. The van der Waals surface area contributed by atoms with Crippen molar-refractivity contribution in [2.75, 3.05) is 0 Å². The van der Waals surface area contributed by atoms with E-state index in [0.29, 0.717) is 5.76 Å². The van der Waals surface area contributed by atoms with Crippen molar-refractivity contribution in [2.45, 2.75) is 19.9 Å². The van der Waals surface area contributed by atoms with Gasteiger partial charge in [0.15, 0.2) is 11.5 Å².